The summed E-state index contributed by atoms with van der Waals surface area (Å²) in [6.07, 6.45) is 0.774. The van der Waals surface area contributed by atoms with Gasteiger partial charge in [0.15, 0.2) is 0 Å². The Labute approximate surface area is 120 Å². The number of hydrogen-bond donors (Lipinski definition) is 2. The van der Waals surface area contributed by atoms with E-state index in [9.17, 15) is 0 Å². The first-order chi connectivity index (χ1) is 9.56. The van der Waals surface area contributed by atoms with E-state index in [2.05, 4.69) is 35.9 Å². The molecule has 0 saturated heterocycles. The summed E-state index contributed by atoms with van der Waals surface area (Å²) in [7, 11) is 0. The molecule has 4 nitrogen and oxygen atoms in total. The van der Waals surface area contributed by atoms with Gasteiger partial charge in [-0.05, 0) is 57.5 Å². The van der Waals surface area contributed by atoms with E-state index in [1.807, 2.05) is 13.8 Å². The zero-order valence-electron chi connectivity index (χ0n) is 12.7. The Kier molecular flexibility index (Phi) is 4.45. The summed E-state index contributed by atoms with van der Waals surface area (Å²) in [5.74, 6) is 1.90. The molecule has 4 heteroatoms. The van der Waals surface area contributed by atoms with Gasteiger partial charge in [-0.3, -0.25) is 0 Å². The number of aromatic amines is 1. The van der Waals surface area contributed by atoms with Crippen LogP contribution in [0.4, 0.5) is 0 Å². The fourth-order valence-corrected chi connectivity index (χ4v) is 2.40. The van der Waals surface area contributed by atoms with Crippen LogP contribution < -0.4 is 10.5 Å². The molecule has 1 aromatic carbocycles. The van der Waals surface area contributed by atoms with Crippen LogP contribution in [0, 0.1) is 20.8 Å². The number of benzene rings is 1. The third kappa shape index (κ3) is 2.85. The molecule has 3 N–H and O–H groups in total. The molecular weight excluding hydrogens is 250 g/mol. The number of hydrogen-bond acceptors (Lipinski definition) is 3. The SMILES string of the molecule is CCOc1cc(C)c(-c2nc(CCN)[nH]c2C)cc1C. The zero-order valence-corrected chi connectivity index (χ0v) is 12.7. The standard InChI is InChI=1S/C16H23N3O/c1-5-20-14-9-10(2)13(8-11(14)3)16-12(4)18-15(19-16)6-7-17/h8-9H,5-7,17H2,1-4H3,(H,18,19). The molecule has 0 saturated carbocycles. The number of aromatic nitrogens is 2. The molecule has 0 amide bonds. The lowest BCUT2D eigenvalue weighted by atomic mass is 10.0. The van der Waals surface area contributed by atoms with Crippen LogP contribution >= 0.6 is 0 Å². The van der Waals surface area contributed by atoms with Crippen LogP contribution in [0.15, 0.2) is 12.1 Å². The van der Waals surface area contributed by atoms with Crippen LogP contribution in [-0.4, -0.2) is 23.1 Å². The first kappa shape index (κ1) is 14.6. The largest absolute Gasteiger partial charge is 0.494 e. The zero-order chi connectivity index (χ0) is 14.7. The molecule has 1 heterocycles. The number of ether oxygens (including phenoxy) is 1. The van der Waals surface area contributed by atoms with Crippen LogP contribution in [0.3, 0.4) is 0 Å². The van der Waals surface area contributed by atoms with Gasteiger partial charge in [-0.1, -0.05) is 0 Å². The van der Waals surface area contributed by atoms with Crippen LogP contribution in [0.5, 0.6) is 5.75 Å². The summed E-state index contributed by atoms with van der Waals surface area (Å²) in [5, 5.41) is 0. The molecule has 2 rings (SSSR count). The van der Waals surface area contributed by atoms with E-state index in [-0.39, 0.29) is 0 Å². The Morgan fingerprint density at radius 1 is 1.20 bits per heavy atom. The molecule has 0 bridgehead atoms. The number of H-pyrrole nitrogens is 1. The predicted octanol–water partition coefficient (Wildman–Crippen LogP) is 2.90. The van der Waals surface area contributed by atoms with Gasteiger partial charge in [-0.2, -0.15) is 0 Å². The van der Waals surface area contributed by atoms with Gasteiger partial charge in [0.25, 0.3) is 0 Å². The average molecular weight is 273 g/mol. The third-order valence-electron chi connectivity index (χ3n) is 3.39. The summed E-state index contributed by atoms with van der Waals surface area (Å²) < 4.78 is 5.64. The van der Waals surface area contributed by atoms with Gasteiger partial charge >= 0.3 is 0 Å². The molecule has 20 heavy (non-hydrogen) atoms. The van der Waals surface area contributed by atoms with Crippen molar-refractivity contribution < 1.29 is 4.74 Å². The Hall–Kier alpha value is -1.81. The van der Waals surface area contributed by atoms with Gasteiger partial charge in [0.1, 0.15) is 11.6 Å². The summed E-state index contributed by atoms with van der Waals surface area (Å²) >= 11 is 0. The lowest BCUT2D eigenvalue weighted by Crippen LogP contribution is -2.03. The minimum Gasteiger partial charge on any atom is -0.494 e. The van der Waals surface area contributed by atoms with Gasteiger partial charge in [0.2, 0.25) is 0 Å². The molecule has 0 spiro atoms. The molecular formula is C16H23N3O. The minimum absolute atomic E-state index is 0.605. The molecule has 1 aromatic heterocycles. The second kappa shape index (κ2) is 6.09. The van der Waals surface area contributed by atoms with Crippen LogP contribution in [-0.2, 0) is 6.42 Å². The van der Waals surface area contributed by atoms with E-state index >= 15 is 0 Å². The lowest BCUT2D eigenvalue weighted by molar-refractivity contribution is 0.337. The molecule has 0 radical (unpaired) electrons. The first-order valence-electron chi connectivity index (χ1n) is 7.06. The van der Waals surface area contributed by atoms with Gasteiger partial charge in [-0.15, -0.1) is 0 Å². The van der Waals surface area contributed by atoms with Crippen LogP contribution in [0.1, 0.15) is 29.6 Å². The highest BCUT2D eigenvalue weighted by Gasteiger charge is 2.13. The first-order valence-corrected chi connectivity index (χ1v) is 7.06. The number of nitrogens with zero attached hydrogens (tertiary/aromatic N) is 1. The summed E-state index contributed by atoms with van der Waals surface area (Å²) in [4.78, 5) is 7.98. The van der Waals surface area contributed by atoms with E-state index in [1.54, 1.807) is 0 Å². The third-order valence-corrected chi connectivity index (χ3v) is 3.39. The maximum atomic E-state index is 5.64. The molecule has 0 atom stereocenters. The molecule has 0 aliphatic rings. The van der Waals surface area contributed by atoms with E-state index in [0.29, 0.717) is 13.2 Å². The summed E-state index contributed by atoms with van der Waals surface area (Å²) in [5.41, 5.74) is 11.1. The second-order valence-corrected chi connectivity index (χ2v) is 5.06. The normalized spacial score (nSPS) is 10.8. The highest BCUT2D eigenvalue weighted by molar-refractivity contribution is 5.68. The molecule has 0 aliphatic carbocycles. The predicted molar refractivity (Wildman–Crippen MR) is 82.2 cm³/mol. The fourth-order valence-electron chi connectivity index (χ4n) is 2.40. The lowest BCUT2D eigenvalue weighted by Gasteiger charge is -2.11. The number of aryl methyl sites for hydroxylation is 3. The van der Waals surface area contributed by atoms with Crippen molar-refractivity contribution in [1.82, 2.24) is 9.97 Å². The number of nitrogens with one attached hydrogen (secondary N) is 1. The molecule has 2 aromatic rings. The highest BCUT2D eigenvalue weighted by atomic mass is 16.5. The maximum absolute atomic E-state index is 5.64. The van der Waals surface area contributed by atoms with Gasteiger partial charge < -0.3 is 15.5 Å². The van der Waals surface area contributed by atoms with E-state index in [1.165, 1.54) is 5.56 Å². The number of rotatable bonds is 5. The van der Waals surface area contributed by atoms with E-state index in [0.717, 1.165) is 40.5 Å². The summed E-state index contributed by atoms with van der Waals surface area (Å²) in [6, 6.07) is 4.24. The van der Waals surface area contributed by atoms with Gasteiger partial charge in [0.05, 0.1) is 12.3 Å². The van der Waals surface area contributed by atoms with Crippen molar-refractivity contribution in [2.75, 3.05) is 13.2 Å². The number of imidazole rings is 1. The summed E-state index contributed by atoms with van der Waals surface area (Å²) in [6.45, 7) is 9.49. The molecule has 0 aliphatic heterocycles. The highest BCUT2D eigenvalue weighted by Crippen LogP contribution is 2.31. The van der Waals surface area contributed by atoms with Crippen molar-refractivity contribution in [2.45, 2.75) is 34.1 Å². The topological polar surface area (TPSA) is 63.9 Å². The van der Waals surface area contributed by atoms with E-state index < -0.39 is 0 Å². The second-order valence-electron chi connectivity index (χ2n) is 5.06. The maximum Gasteiger partial charge on any atom is 0.122 e. The van der Waals surface area contributed by atoms with Crippen LogP contribution in [0.25, 0.3) is 11.3 Å². The van der Waals surface area contributed by atoms with Crippen molar-refractivity contribution in [3.8, 4) is 17.0 Å². The smallest absolute Gasteiger partial charge is 0.122 e. The number of nitrogens with two attached hydrogens (primary N) is 1. The van der Waals surface area contributed by atoms with Crippen molar-refractivity contribution in [3.05, 3.63) is 34.8 Å². The van der Waals surface area contributed by atoms with Crippen molar-refractivity contribution >= 4 is 0 Å². The fraction of sp³-hybridized carbons (Fsp3) is 0.438. The molecule has 0 fully saturated rings. The Morgan fingerprint density at radius 3 is 2.60 bits per heavy atom. The van der Waals surface area contributed by atoms with Crippen LogP contribution in [0.2, 0.25) is 0 Å². The molecule has 108 valence electrons. The Balaban J connectivity index is 2.44. The van der Waals surface area contributed by atoms with Gasteiger partial charge in [-0.25, -0.2) is 4.98 Å². The quantitative estimate of drug-likeness (QED) is 0.880. The van der Waals surface area contributed by atoms with Crippen molar-refractivity contribution in [1.29, 1.82) is 0 Å². The van der Waals surface area contributed by atoms with E-state index in [4.69, 9.17) is 10.5 Å². The monoisotopic (exact) mass is 273 g/mol. The Bertz CT molecular complexity index is 602. The average Bonchev–Trinajstić information content (AvgIpc) is 2.75. The van der Waals surface area contributed by atoms with Gasteiger partial charge in [0, 0.05) is 17.7 Å². The van der Waals surface area contributed by atoms with Crippen molar-refractivity contribution in [2.24, 2.45) is 5.73 Å². The Morgan fingerprint density at radius 2 is 1.95 bits per heavy atom. The minimum atomic E-state index is 0.605. The van der Waals surface area contributed by atoms with Crippen molar-refractivity contribution in [3.63, 3.8) is 0 Å². The molecule has 0 unspecified atom stereocenters.